The summed E-state index contributed by atoms with van der Waals surface area (Å²) < 4.78 is 15.0. The lowest BCUT2D eigenvalue weighted by Gasteiger charge is -2.04. The normalized spacial score (nSPS) is 10.4. The Morgan fingerprint density at radius 1 is 1.50 bits per heavy atom. The number of halogens is 1. The number of ketones is 1. The van der Waals surface area contributed by atoms with E-state index in [-0.39, 0.29) is 12.2 Å². The van der Waals surface area contributed by atoms with Crippen molar-refractivity contribution in [3.8, 4) is 5.69 Å². The number of carbonyl (C=O) groups excluding carboxylic acids is 1. The van der Waals surface area contributed by atoms with Crippen LogP contribution in [0.15, 0.2) is 30.9 Å². The molecule has 0 unspecified atom stereocenters. The van der Waals surface area contributed by atoms with Crippen LogP contribution in [-0.4, -0.2) is 20.5 Å². The zero-order chi connectivity index (χ0) is 11.5. The number of hydrogen-bond donors (Lipinski definition) is 0. The molecule has 5 heteroatoms. The Hall–Kier alpha value is -2.04. The lowest BCUT2D eigenvalue weighted by molar-refractivity contribution is -0.116. The van der Waals surface area contributed by atoms with Crippen LogP contribution in [0.2, 0.25) is 0 Å². The van der Waals surface area contributed by atoms with Gasteiger partial charge in [0.25, 0.3) is 0 Å². The fraction of sp³-hybridized carbons (Fsp3) is 0.182. The summed E-state index contributed by atoms with van der Waals surface area (Å²) in [6.07, 6.45) is 3.00. The Labute approximate surface area is 91.7 Å². The molecule has 4 nitrogen and oxygen atoms in total. The Balaban J connectivity index is 2.34. The molecular weight excluding hydrogens is 209 g/mol. The third-order valence-electron chi connectivity index (χ3n) is 2.13. The van der Waals surface area contributed by atoms with Gasteiger partial charge in [-0.3, -0.25) is 4.79 Å². The molecule has 0 radical (unpaired) electrons. The molecule has 0 aliphatic carbocycles. The summed E-state index contributed by atoms with van der Waals surface area (Å²) in [5, 5.41) is 3.84. The van der Waals surface area contributed by atoms with Crippen molar-refractivity contribution in [3.63, 3.8) is 0 Å². The Kier molecular flexibility index (Phi) is 2.76. The Morgan fingerprint density at radius 3 is 2.88 bits per heavy atom. The maximum Gasteiger partial charge on any atom is 0.149 e. The van der Waals surface area contributed by atoms with Crippen LogP contribution in [0.25, 0.3) is 5.69 Å². The van der Waals surface area contributed by atoms with Crippen LogP contribution in [0.4, 0.5) is 4.39 Å². The number of rotatable bonds is 3. The van der Waals surface area contributed by atoms with E-state index in [1.807, 2.05) is 0 Å². The molecule has 1 aromatic carbocycles. The largest absolute Gasteiger partial charge is 0.300 e. The first-order chi connectivity index (χ1) is 7.66. The van der Waals surface area contributed by atoms with E-state index in [9.17, 15) is 9.18 Å². The average Bonchev–Trinajstić information content (AvgIpc) is 2.69. The molecule has 0 amide bonds. The molecule has 1 aromatic heterocycles. The number of aromatic nitrogens is 3. The summed E-state index contributed by atoms with van der Waals surface area (Å²) in [7, 11) is 0. The van der Waals surface area contributed by atoms with Gasteiger partial charge in [0, 0.05) is 6.42 Å². The second-order valence-electron chi connectivity index (χ2n) is 3.50. The lowest BCUT2D eigenvalue weighted by Crippen LogP contribution is -2.01. The van der Waals surface area contributed by atoms with E-state index in [1.54, 1.807) is 12.1 Å². The molecule has 0 saturated heterocycles. The van der Waals surface area contributed by atoms with Gasteiger partial charge < -0.3 is 0 Å². The van der Waals surface area contributed by atoms with Gasteiger partial charge in [0.1, 0.15) is 29.9 Å². The minimum absolute atomic E-state index is 0.00732. The molecule has 0 fully saturated rings. The van der Waals surface area contributed by atoms with Gasteiger partial charge in [-0.1, -0.05) is 6.07 Å². The van der Waals surface area contributed by atoms with Crippen molar-refractivity contribution in [1.29, 1.82) is 0 Å². The molecule has 0 spiro atoms. The third-order valence-corrected chi connectivity index (χ3v) is 2.13. The van der Waals surface area contributed by atoms with Gasteiger partial charge in [-0.25, -0.2) is 14.1 Å². The highest BCUT2D eigenvalue weighted by Gasteiger charge is 2.07. The monoisotopic (exact) mass is 219 g/mol. The van der Waals surface area contributed by atoms with Gasteiger partial charge in [-0.05, 0) is 24.6 Å². The first-order valence-electron chi connectivity index (χ1n) is 4.79. The predicted octanol–water partition coefficient (Wildman–Crippen LogP) is 1.54. The molecule has 2 rings (SSSR count). The topological polar surface area (TPSA) is 47.8 Å². The Bertz CT molecular complexity index is 508. The van der Waals surface area contributed by atoms with Crippen LogP contribution in [0.3, 0.4) is 0 Å². The summed E-state index contributed by atoms with van der Waals surface area (Å²) in [5.41, 5.74) is 0.985. The summed E-state index contributed by atoms with van der Waals surface area (Å²) in [6.45, 7) is 1.48. The summed E-state index contributed by atoms with van der Waals surface area (Å²) in [4.78, 5) is 14.6. The molecule has 0 aliphatic heterocycles. The van der Waals surface area contributed by atoms with Crippen LogP contribution in [0.5, 0.6) is 0 Å². The van der Waals surface area contributed by atoms with Gasteiger partial charge >= 0.3 is 0 Å². The lowest BCUT2D eigenvalue weighted by atomic mass is 10.1. The van der Waals surface area contributed by atoms with Crippen molar-refractivity contribution in [1.82, 2.24) is 14.8 Å². The predicted molar refractivity (Wildman–Crippen MR) is 55.7 cm³/mol. The summed E-state index contributed by atoms with van der Waals surface area (Å²) in [6, 6.07) is 4.64. The average molecular weight is 219 g/mol. The highest BCUT2D eigenvalue weighted by atomic mass is 19.1. The molecule has 0 bridgehead atoms. The van der Waals surface area contributed by atoms with Crippen molar-refractivity contribution in [2.45, 2.75) is 13.3 Å². The van der Waals surface area contributed by atoms with Gasteiger partial charge in [0.15, 0.2) is 0 Å². The molecule has 16 heavy (non-hydrogen) atoms. The minimum Gasteiger partial charge on any atom is -0.300 e. The molecule has 0 atom stereocenters. The molecule has 82 valence electrons. The van der Waals surface area contributed by atoms with Crippen LogP contribution < -0.4 is 0 Å². The fourth-order valence-corrected chi connectivity index (χ4v) is 1.47. The van der Waals surface area contributed by atoms with E-state index in [4.69, 9.17) is 0 Å². The van der Waals surface area contributed by atoms with Crippen molar-refractivity contribution in [3.05, 3.63) is 42.2 Å². The quantitative estimate of drug-likeness (QED) is 0.786. The molecule has 2 aromatic rings. The molecule has 1 heterocycles. The van der Waals surface area contributed by atoms with Gasteiger partial charge in [-0.15, -0.1) is 0 Å². The number of hydrogen-bond acceptors (Lipinski definition) is 3. The van der Waals surface area contributed by atoms with Gasteiger partial charge in [-0.2, -0.15) is 5.10 Å². The highest BCUT2D eigenvalue weighted by molar-refractivity contribution is 5.78. The number of Topliss-reactive ketones (excluding diaryl/α,β-unsaturated/α-hetero) is 1. The first-order valence-corrected chi connectivity index (χ1v) is 4.79. The number of carbonyl (C=O) groups is 1. The molecule has 0 N–H and O–H groups in total. The first kappa shape index (κ1) is 10.5. The molecule has 0 aliphatic rings. The SMILES string of the molecule is CC(=O)Cc1ccc(-n2cncn2)c(F)c1. The van der Waals surface area contributed by atoms with E-state index in [1.165, 1.54) is 30.3 Å². The summed E-state index contributed by atoms with van der Waals surface area (Å²) >= 11 is 0. The van der Waals surface area contributed by atoms with Crippen molar-refractivity contribution in [2.24, 2.45) is 0 Å². The molecule has 0 saturated carbocycles. The zero-order valence-corrected chi connectivity index (χ0v) is 8.72. The van der Waals surface area contributed by atoms with Crippen molar-refractivity contribution in [2.75, 3.05) is 0 Å². The standard InChI is InChI=1S/C11H10FN3O/c1-8(16)4-9-2-3-11(10(12)5-9)15-7-13-6-14-15/h2-3,5-7H,4H2,1H3. The second-order valence-corrected chi connectivity index (χ2v) is 3.50. The molecular formula is C11H10FN3O. The summed E-state index contributed by atoms with van der Waals surface area (Å²) in [5.74, 6) is -0.405. The van der Waals surface area contributed by atoms with Crippen LogP contribution >= 0.6 is 0 Å². The minimum atomic E-state index is -0.413. The fourth-order valence-electron chi connectivity index (χ4n) is 1.47. The maximum absolute atomic E-state index is 13.7. The Morgan fingerprint density at radius 2 is 2.31 bits per heavy atom. The highest BCUT2D eigenvalue weighted by Crippen LogP contribution is 2.14. The number of benzene rings is 1. The van der Waals surface area contributed by atoms with Crippen LogP contribution in [0.1, 0.15) is 12.5 Å². The zero-order valence-electron chi connectivity index (χ0n) is 8.72. The van der Waals surface area contributed by atoms with E-state index in [0.29, 0.717) is 11.3 Å². The van der Waals surface area contributed by atoms with Gasteiger partial charge in [0.05, 0.1) is 0 Å². The van der Waals surface area contributed by atoms with E-state index >= 15 is 0 Å². The number of nitrogens with zero attached hydrogens (tertiary/aromatic N) is 3. The van der Waals surface area contributed by atoms with Crippen LogP contribution in [-0.2, 0) is 11.2 Å². The van der Waals surface area contributed by atoms with E-state index in [2.05, 4.69) is 10.1 Å². The van der Waals surface area contributed by atoms with Crippen molar-refractivity contribution < 1.29 is 9.18 Å². The third kappa shape index (κ3) is 2.13. The second kappa shape index (κ2) is 4.22. The van der Waals surface area contributed by atoms with E-state index in [0.717, 1.165) is 0 Å². The maximum atomic E-state index is 13.7. The smallest absolute Gasteiger partial charge is 0.149 e. The van der Waals surface area contributed by atoms with Gasteiger partial charge in [0.2, 0.25) is 0 Å². The van der Waals surface area contributed by atoms with E-state index < -0.39 is 5.82 Å². The van der Waals surface area contributed by atoms with Crippen molar-refractivity contribution >= 4 is 5.78 Å². The van der Waals surface area contributed by atoms with Crippen LogP contribution in [0, 0.1) is 5.82 Å².